The molecule has 4 aromatic carbocycles. The Bertz CT molecular complexity index is 1020. The Hall–Kier alpha value is -3.04. The summed E-state index contributed by atoms with van der Waals surface area (Å²) >= 11 is 1.55. The second-order valence-corrected chi connectivity index (χ2v) is 9.57. The number of benzene rings is 3. The van der Waals surface area contributed by atoms with Crippen LogP contribution in [0.4, 0.5) is 8.78 Å². The molecule has 0 bridgehead atoms. The molecule has 174 valence electrons. The maximum atomic E-state index is 12.0. The van der Waals surface area contributed by atoms with Gasteiger partial charge in [0.05, 0.1) is 0 Å². The fraction of sp³-hybridized carbons (Fsp3) is 0.103. The minimum atomic E-state index is -0.331. The quantitative estimate of drug-likeness (QED) is 0.226. The Labute approximate surface area is 215 Å². The summed E-state index contributed by atoms with van der Waals surface area (Å²) < 4.78 is 25.5. The zero-order valence-corrected chi connectivity index (χ0v) is 21.7. The number of rotatable bonds is 0. The Morgan fingerprint density at radius 1 is 0.824 bits per heavy atom. The third kappa shape index (κ3) is 14.9. The van der Waals surface area contributed by atoms with E-state index < -0.39 is 0 Å². The predicted molar refractivity (Wildman–Crippen MR) is 134 cm³/mol. The van der Waals surface area contributed by atoms with Crippen LogP contribution in [0.3, 0.4) is 0 Å². The molecule has 1 aliphatic carbocycles. The van der Waals surface area contributed by atoms with Crippen molar-refractivity contribution in [2.24, 2.45) is 0 Å². The van der Waals surface area contributed by atoms with E-state index in [4.69, 9.17) is 10.2 Å². The van der Waals surface area contributed by atoms with Crippen molar-refractivity contribution in [1.29, 1.82) is 0 Å². The summed E-state index contributed by atoms with van der Waals surface area (Å²) in [6.07, 6.45) is 10.0. The molecule has 0 saturated heterocycles. The van der Waals surface area contributed by atoms with E-state index in [2.05, 4.69) is 68.5 Å². The number of fused-ring (bicyclic) bond motifs is 1. The molecule has 34 heavy (non-hydrogen) atoms. The molecule has 0 radical (unpaired) electrons. The van der Waals surface area contributed by atoms with Crippen LogP contribution in [0.15, 0.2) is 109 Å². The summed E-state index contributed by atoms with van der Waals surface area (Å²) in [5.41, 5.74) is 0. The number of aromatic hydroxyl groups is 2. The molecule has 2 nitrogen and oxygen atoms in total. The Balaban J connectivity index is 0.000000219. The second-order valence-electron chi connectivity index (χ2n) is 7.11. The zero-order chi connectivity index (χ0) is 25.2. The molecule has 2 N–H and O–H groups in total. The topological polar surface area (TPSA) is 40.5 Å². The predicted octanol–water partition coefficient (Wildman–Crippen LogP) is 7.67. The van der Waals surface area contributed by atoms with E-state index in [0.29, 0.717) is 0 Å². The summed E-state index contributed by atoms with van der Waals surface area (Å²) in [6.45, 7) is 4.25. The Kier molecular flexibility index (Phi) is 14.9. The van der Waals surface area contributed by atoms with E-state index in [0.717, 1.165) is 6.42 Å². The van der Waals surface area contributed by atoms with E-state index in [9.17, 15) is 8.78 Å². The first kappa shape index (κ1) is 29.0. The third-order valence-electron chi connectivity index (χ3n) is 3.79. The maximum absolute atomic E-state index is 12.0. The summed E-state index contributed by atoms with van der Waals surface area (Å²) in [5, 5.41) is 19.8. The number of phenols is 2. The molecule has 0 heterocycles. The van der Waals surface area contributed by atoms with Crippen LogP contribution in [-0.2, 0) is 24.2 Å². The molecular weight excluding hydrogens is 510 g/mol. The van der Waals surface area contributed by atoms with Crippen molar-refractivity contribution in [3.05, 3.63) is 127 Å². The summed E-state index contributed by atoms with van der Waals surface area (Å²) in [4.78, 5) is 0. The summed E-state index contributed by atoms with van der Waals surface area (Å²) in [7, 11) is 0. The van der Waals surface area contributed by atoms with Crippen LogP contribution in [-0.4, -0.2) is 13.4 Å². The number of hydrogen-bond donors (Lipinski definition) is 2. The molecule has 0 spiro atoms. The van der Waals surface area contributed by atoms with Crippen LogP contribution in [0, 0.1) is 17.7 Å². The van der Waals surface area contributed by atoms with Gasteiger partial charge in [0.25, 0.3) is 0 Å². The van der Waals surface area contributed by atoms with Gasteiger partial charge in [-0.05, 0) is 48.5 Å². The van der Waals surface area contributed by atoms with Crippen molar-refractivity contribution in [3.8, 4) is 11.5 Å². The molecule has 5 heteroatoms. The molecule has 0 aliphatic heterocycles. The molecule has 0 fully saturated rings. The first-order chi connectivity index (χ1) is 16.3. The van der Waals surface area contributed by atoms with E-state index in [1.165, 1.54) is 62.5 Å². The number of halogens is 2. The molecule has 0 saturated carbocycles. The van der Waals surface area contributed by atoms with Gasteiger partial charge in [0.15, 0.2) is 0 Å². The number of hydrogen-bond acceptors (Lipinski definition) is 2. The average molecular weight is 538 g/mol. The van der Waals surface area contributed by atoms with Gasteiger partial charge in [-0.25, -0.2) is 20.9 Å². The molecule has 0 unspecified atom stereocenters. The van der Waals surface area contributed by atoms with Crippen LogP contribution in [0.25, 0.3) is 10.8 Å². The fourth-order valence-electron chi connectivity index (χ4n) is 2.29. The Morgan fingerprint density at radius 3 is 1.68 bits per heavy atom. The normalized spacial score (nSPS) is 10.4. The molecule has 4 aromatic rings. The van der Waals surface area contributed by atoms with Gasteiger partial charge in [-0.3, -0.25) is 6.08 Å². The van der Waals surface area contributed by atoms with Gasteiger partial charge in [-0.2, -0.15) is 23.6 Å². The van der Waals surface area contributed by atoms with Crippen LogP contribution in [0.1, 0.15) is 20.3 Å². The molecule has 5 rings (SSSR count). The number of allylic oxidation sites excluding steroid dienone is 4. The minimum absolute atomic E-state index is 0.0893. The van der Waals surface area contributed by atoms with Crippen molar-refractivity contribution in [1.82, 2.24) is 0 Å². The summed E-state index contributed by atoms with van der Waals surface area (Å²) in [6, 6.07) is 24.7. The SMILES string of the molecule is C[C](C)=[Zr+2].Oc1ccc(F)cc1.Oc1ccc(F)cc1.[C-]1=CC=CC1.c1ccc2[cH-]ccc2c1. The van der Waals surface area contributed by atoms with Crippen molar-refractivity contribution in [2.75, 3.05) is 0 Å². The average Bonchev–Trinajstić information content (AvgIpc) is 3.53. The van der Waals surface area contributed by atoms with Gasteiger partial charge in [-0.15, -0.1) is 36.1 Å². The second kappa shape index (κ2) is 17.4. The van der Waals surface area contributed by atoms with Gasteiger partial charge in [0.2, 0.25) is 0 Å². The fourth-order valence-corrected chi connectivity index (χ4v) is 2.29. The summed E-state index contributed by atoms with van der Waals surface area (Å²) in [5.74, 6) is -0.483. The van der Waals surface area contributed by atoms with Crippen molar-refractivity contribution in [3.63, 3.8) is 0 Å². The largest absolute Gasteiger partial charge is 0.508 e. The van der Waals surface area contributed by atoms with Crippen molar-refractivity contribution in [2.45, 2.75) is 20.3 Å². The molecule has 0 aromatic heterocycles. The van der Waals surface area contributed by atoms with Crippen molar-refractivity contribution >= 4 is 14.0 Å². The van der Waals surface area contributed by atoms with Crippen LogP contribution in [0.2, 0.25) is 0 Å². The van der Waals surface area contributed by atoms with Crippen LogP contribution in [0.5, 0.6) is 11.5 Å². The van der Waals surface area contributed by atoms with Gasteiger partial charge < -0.3 is 10.2 Å². The van der Waals surface area contributed by atoms with Gasteiger partial charge >= 0.3 is 41.3 Å². The standard InChI is InChI=1S/C9H7.2C6H5FO.C5H5.C3H6.Zr/c1-2-5-9-7-3-6-8(9)4-1;2*7-5-1-3-6(8)4-2-5;1-2-4-5-3-1;1-3-2;/h1-7H;2*1-4,8H;1-3H,4H2;1-2H3;/q-1;;;-1;;+2. The molecular formula is C29H28F2O2Zr. The van der Waals surface area contributed by atoms with E-state index in [-0.39, 0.29) is 23.1 Å². The molecule has 1 aliphatic rings. The third-order valence-corrected chi connectivity index (χ3v) is 3.79. The van der Waals surface area contributed by atoms with E-state index in [1.807, 2.05) is 12.2 Å². The first-order valence-corrected chi connectivity index (χ1v) is 11.7. The smallest absolute Gasteiger partial charge is 0.123 e. The Morgan fingerprint density at radius 2 is 1.32 bits per heavy atom. The number of phenolic OH excluding ortho intramolecular Hbond substituents is 2. The van der Waals surface area contributed by atoms with Crippen molar-refractivity contribution < 1.29 is 43.2 Å². The molecule has 0 atom stereocenters. The van der Waals surface area contributed by atoms with Gasteiger partial charge in [0.1, 0.15) is 23.1 Å². The zero-order valence-electron chi connectivity index (χ0n) is 19.2. The van der Waals surface area contributed by atoms with Gasteiger partial charge in [0, 0.05) is 0 Å². The van der Waals surface area contributed by atoms with Crippen LogP contribution >= 0.6 is 0 Å². The van der Waals surface area contributed by atoms with Gasteiger partial charge in [-0.1, -0.05) is 6.07 Å². The molecule has 0 amide bonds. The van der Waals surface area contributed by atoms with Crippen LogP contribution < -0.4 is 0 Å². The maximum Gasteiger partial charge on any atom is 0.123 e. The first-order valence-electron chi connectivity index (χ1n) is 10.5. The van der Waals surface area contributed by atoms with E-state index in [1.54, 1.807) is 24.2 Å². The monoisotopic (exact) mass is 536 g/mol. The van der Waals surface area contributed by atoms with E-state index >= 15 is 0 Å². The minimum Gasteiger partial charge on any atom is -0.508 e.